The van der Waals surface area contributed by atoms with Crippen LogP contribution in [0.1, 0.15) is 22.8 Å². The van der Waals surface area contributed by atoms with Gasteiger partial charge in [0.1, 0.15) is 23.4 Å². The number of aromatic nitrogens is 3. The summed E-state index contributed by atoms with van der Waals surface area (Å²) in [5.74, 6) is 2.61. The first kappa shape index (κ1) is 16.4. The molecule has 1 amide bonds. The van der Waals surface area contributed by atoms with Gasteiger partial charge in [0.15, 0.2) is 0 Å². The number of hydrogen-bond acceptors (Lipinski definition) is 5. The summed E-state index contributed by atoms with van der Waals surface area (Å²) in [6.07, 6.45) is 0.770. The average molecular weight is 329 g/mol. The van der Waals surface area contributed by atoms with Crippen molar-refractivity contribution < 1.29 is 9.53 Å². The number of carbonyl (C=O) groups is 1. The minimum absolute atomic E-state index is 0.00725. The monoisotopic (exact) mass is 329 g/mol. The summed E-state index contributed by atoms with van der Waals surface area (Å²) in [5, 5.41) is 14.3. The number of methoxy groups -OCH3 is 1. The van der Waals surface area contributed by atoms with Gasteiger partial charge in [-0.25, -0.2) is 0 Å². The van der Waals surface area contributed by atoms with E-state index < -0.39 is 0 Å². The quantitative estimate of drug-likeness (QED) is 0.845. The van der Waals surface area contributed by atoms with E-state index in [0.717, 1.165) is 34.9 Å². The second-order valence-electron chi connectivity index (χ2n) is 6.05. The molecule has 2 aromatic rings. The molecule has 1 unspecified atom stereocenters. The third-order valence-electron chi connectivity index (χ3n) is 4.39. The Balaban J connectivity index is 1.52. The van der Waals surface area contributed by atoms with E-state index in [1.165, 1.54) is 0 Å². The van der Waals surface area contributed by atoms with Crippen LogP contribution < -0.4 is 15.4 Å². The summed E-state index contributed by atoms with van der Waals surface area (Å²) >= 11 is 0. The van der Waals surface area contributed by atoms with E-state index in [0.29, 0.717) is 19.6 Å². The first-order valence-electron chi connectivity index (χ1n) is 8.11. The number of nitrogens with one attached hydrogen (secondary N) is 2. The van der Waals surface area contributed by atoms with Gasteiger partial charge >= 0.3 is 0 Å². The van der Waals surface area contributed by atoms with Gasteiger partial charge in [-0.05, 0) is 37.5 Å². The van der Waals surface area contributed by atoms with Crippen LogP contribution in [0.2, 0.25) is 0 Å². The number of rotatable bonds is 5. The molecule has 7 nitrogen and oxygen atoms in total. The molecule has 0 aliphatic carbocycles. The van der Waals surface area contributed by atoms with E-state index in [2.05, 4.69) is 26.9 Å². The molecule has 1 aromatic heterocycles. The topological polar surface area (TPSA) is 81.1 Å². The van der Waals surface area contributed by atoms with Gasteiger partial charge in [-0.3, -0.25) is 10.1 Å². The molecule has 1 aliphatic rings. The highest BCUT2D eigenvalue weighted by atomic mass is 16.5. The first-order valence-corrected chi connectivity index (χ1v) is 8.11. The van der Waals surface area contributed by atoms with Crippen LogP contribution in [0, 0.1) is 13.8 Å². The average Bonchev–Trinajstić information content (AvgIpc) is 2.97. The summed E-state index contributed by atoms with van der Waals surface area (Å²) in [6, 6.07) is 5.87. The largest absolute Gasteiger partial charge is 0.496 e. The van der Waals surface area contributed by atoms with Gasteiger partial charge in [0.2, 0.25) is 5.91 Å². The summed E-state index contributed by atoms with van der Waals surface area (Å²) in [5.41, 5.74) is 2.25. The standard InChI is InChI=1S/C17H23N5O2/c1-11-4-5-13(8-15(11)24-3)6-7-18-17(23)14-10-22-12(2)20-21-16(22)9-19-14/h4-5,8,14,19H,6-7,9-10H2,1-3H3,(H,18,23). The molecule has 1 aliphatic heterocycles. The molecule has 0 bridgehead atoms. The zero-order valence-corrected chi connectivity index (χ0v) is 14.3. The Labute approximate surface area is 141 Å². The highest BCUT2D eigenvalue weighted by Gasteiger charge is 2.25. The van der Waals surface area contributed by atoms with E-state index in [4.69, 9.17) is 4.74 Å². The lowest BCUT2D eigenvalue weighted by molar-refractivity contribution is -0.123. The van der Waals surface area contributed by atoms with Gasteiger partial charge in [0.05, 0.1) is 13.7 Å². The van der Waals surface area contributed by atoms with Gasteiger partial charge in [0.25, 0.3) is 0 Å². The minimum atomic E-state index is -0.250. The lowest BCUT2D eigenvalue weighted by atomic mass is 10.1. The maximum absolute atomic E-state index is 12.4. The van der Waals surface area contributed by atoms with Crippen LogP contribution in [-0.2, 0) is 24.3 Å². The van der Waals surface area contributed by atoms with E-state index in [1.807, 2.05) is 30.5 Å². The minimum Gasteiger partial charge on any atom is -0.496 e. The predicted octanol–water partition coefficient (Wildman–Crippen LogP) is 0.734. The SMILES string of the molecule is COc1cc(CCNC(=O)C2Cn3c(C)nnc3CN2)ccc1C. The van der Waals surface area contributed by atoms with Crippen LogP contribution in [-0.4, -0.2) is 40.4 Å². The third kappa shape index (κ3) is 3.41. The molecule has 0 radical (unpaired) electrons. The Kier molecular flexibility index (Phi) is 4.80. The Hall–Kier alpha value is -2.41. The number of aryl methyl sites for hydroxylation is 2. The fourth-order valence-corrected chi connectivity index (χ4v) is 2.90. The summed E-state index contributed by atoms with van der Waals surface area (Å²) in [7, 11) is 1.67. The zero-order chi connectivity index (χ0) is 17.1. The van der Waals surface area contributed by atoms with Crippen molar-refractivity contribution in [2.45, 2.75) is 39.4 Å². The molecule has 1 aromatic carbocycles. The smallest absolute Gasteiger partial charge is 0.239 e. The Morgan fingerprint density at radius 1 is 1.42 bits per heavy atom. The van der Waals surface area contributed by atoms with Crippen LogP contribution in [0.5, 0.6) is 5.75 Å². The van der Waals surface area contributed by atoms with Crippen LogP contribution in [0.4, 0.5) is 0 Å². The van der Waals surface area contributed by atoms with E-state index in [-0.39, 0.29) is 11.9 Å². The van der Waals surface area contributed by atoms with Crippen molar-refractivity contribution >= 4 is 5.91 Å². The maximum atomic E-state index is 12.4. The maximum Gasteiger partial charge on any atom is 0.239 e. The van der Waals surface area contributed by atoms with Crippen molar-refractivity contribution in [3.63, 3.8) is 0 Å². The number of hydrogen-bond donors (Lipinski definition) is 2. The van der Waals surface area contributed by atoms with Crippen molar-refractivity contribution in [3.05, 3.63) is 41.0 Å². The van der Waals surface area contributed by atoms with Gasteiger partial charge in [-0.15, -0.1) is 10.2 Å². The van der Waals surface area contributed by atoms with Crippen molar-refractivity contribution in [1.29, 1.82) is 0 Å². The Morgan fingerprint density at radius 3 is 3.04 bits per heavy atom. The van der Waals surface area contributed by atoms with E-state index >= 15 is 0 Å². The molecule has 0 saturated carbocycles. The van der Waals surface area contributed by atoms with Gasteiger partial charge in [-0.2, -0.15) is 0 Å². The van der Waals surface area contributed by atoms with Crippen LogP contribution >= 0.6 is 0 Å². The summed E-state index contributed by atoms with van der Waals surface area (Å²) in [6.45, 7) is 5.64. The Morgan fingerprint density at radius 2 is 2.25 bits per heavy atom. The predicted molar refractivity (Wildman–Crippen MR) is 89.8 cm³/mol. The second kappa shape index (κ2) is 7.00. The number of amides is 1. The fourth-order valence-electron chi connectivity index (χ4n) is 2.90. The zero-order valence-electron chi connectivity index (χ0n) is 14.3. The number of carbonyl (C=O) groups excluding carboxylic acids is 1. The summed E-state index contributed by atoms with van der Waals surface area (Å²) < 4.78 is 7.32. The molecular formula is C17H23N5O2. The lowest BCUT2D eigenvalue weighted by Crippen LogP contribution is -2.50. The molecule has 0 saturated heterocycles. The second-order valence-corrected chi connectivity index (χ2v) is 6.05. The van der Waals surface area contributed by atoms with E-state index in [9.17, 15) is 4.79 Å². The van der Waals surface area contributed by atoms with Crippen LogP contribution in [0.25, 0.3) is 0 Å². The molecule has 0 fully saturated rings. The number of ether oxygens (including phenoxy) is 1. The molecule has 2 heterocycles. The van der Waals surface area contributed by atoms with Crippen molar-refractivity contribution in [3.8, 4) is 5.75 Å². The van der Waals surface area contributed by atoms with Crippen molar-refractivity contribution in [2.24, 2.45) is 0 Å². The van der Waals surface area contributed by atoms with Crippen molar-refractivity contribution in [2.75, 3.05) is 13.7 Å². The lowest BCUT2D eigenvalue weighted by Gasteiger charge is -2.24. The fraction of sp³-hybridized carbons (Fsp3) is 0.471. The van der Waals surface area contributed by atoms with E-state index in [1.54, 1.807) is 7.11 Å². The highest BCUT2D eigenvalue weighted by molar-refractivity contribution is 5.81. The van der Waals surface area contributed by atoms with Crippen LogP contribution in [0.15, 0.2) is 18.2 Å². The molecule has 2 N–H and O–H groups in total. The molecule has 7 heteroatoms. The molecule has 1 atom stereocenters. The number of benzene rings is 1. The van der Waals surface area contributed by atoms with Crippen molar-refractivity contribution in [1.82, 2.24) is 25.4 Å². The molecule has 3 rings (SSSR count). The first-order chi connectivity index (χ1) is 11.6. The molecular weight excluding hydrogens is 306 g/mol. The van der Waals surface area contributed by atoms with Gasteiger partial charge in [0, 0.05) is 13.1 Å². The third-order valence-corrected chi connectivity index (χ3v) is 4.39. The Bertz CT molecular complexity index is 741. The number of fused-ring (bicyclic) bond motifs is 1. The molecule has 24 heavy (non-hydrogen) atoms. The molecule has 0 spiro atoms. The normalized spacial score (nSPS) is 16.5. The van der Waals surface area contributed by atoms with Crippen LogP contribution in [0.3, 0.4) is 0 Å². The van der Waals surface area contributed by atoms with Gasteiger partial charge < -0.3 is 14.6 Å². The highest BCUT2D eigenvalue weighted by Crippen LogP contribution is 2.19. The molecule has 128 valence electrons. The van der Waals surface area contributed by atoms with Gasteiger partial charge in [-0.1, -0.05) is 12.1 Å². The summed E-state index contributed by atoms with van der Waals surface area (Å²) in [4.78, 5) is 12.4. The number of nitrogens with zero attached hydrogens (tertiary/aromatic N) is 3.